The molecule has 0 aromatic heterocycles. The van der Waals surface area contributed by atoms with Gasteiger partial charge in [0.05, 0.1) is 0 Å². The maximum atomic E-state index is 5.49. The summed E-state index contributed by atoms with van der Waals surface area (Å²) in [6, 6.07) is 5.01. The van der Waals surface area contributed by atoms with Crippen molar-refractivity contribution in [2.45, 2.75) is 53.5 Å². The fraction of sp³-hybridized carbons (Fsp3) is 0.647. The van der Waals surface area contributed by atoms with Crippen LogP contribution in [-0.4, -0.2) is 19.8 Å². The lowest BCUT2D eigenvalue weighted by Gasteiger charge is -2.18. The Kier molecular flexibility index (Phi) is 7.11. The lowest BCUT2D eigenvalue weighted by Crippen LogP contribution is -2.22. The van der Waals surface area contributed by atoms with Crippen molar-refractivity contribution < 1.29 is 4.74 Å². The average molecular weight is 263 g/mol. The van der Waals surface area contributed by atoms with Crippen molar-refractivity contribution in [2.24, 2.45) is 0 Å². The zero-order chi connectivity index (χ0) is 14.3. The smallest absolute Gasteiger partial charge is 0.0478 e. The van der Waals surface area contributed by atoms with E-state index in [1.807, 2.05) is 0 Å². The van der Waals surface area contributed by atoms with Gasteiger partial charge in [0.1, 0.15) is 0 Å². The molecule has 1 atom stereocenters. The molecule has 0 aliphatic carbocycles. The predicted octanol–water partition coefficient (Wildman–Crippen LogP) is 4.08. The number of rotatable bonds is 8. The molecule has 0 saturated heterocycles. The highest BCUT2D eigenvalue weighted by Crippen LogP contribution is 2.21. The van der Waals surface area contributed by atoms with Crippen LogP contribution >= 0.6 is 0 Å². The zero-order valence-corrected chi connectivity index (χ0v) is 13.2. The van der Waals surface area contributed by atoms with Gasteiger partial charge in [-0.05, 0) is 69.3 Å². The normalized spacial score (nSPS) is 12.7. The zero-order valence-electron chi connectivity index (χ0n) is 13.2. The van der Waals surface area contributed by atoms with E-state index in [-0.39, 0.29) is 0 Å². The third-order valence-electron chi connectivity index (χ3n) is 3.61. The van der Waals surface area contributed by atoms with Crippen LogP contribution in [-0.2, 0) is 4.74 Å². The number of benzene rings is 1. The molecule has 1 aromatic rings. The molecule has 0 aliphatic rings. The minimum Gasteiger partial charge on any atom is -0.381 e. The maximum Gasteiger partial charge on any atom is 0.0478 e. The summed E-state index contributed by atoms with van der Waals surface area (Å²) in [6.07, 6.45) is 2.18. The van der Waals surface area contributed by atoms with Crippen LogP contribution in [0.2, 0.25) is 0 Å². The third-order valence-corrected chi connectivity index (χ3v) is 3.61. The molecule has 0 bridgehead atoms. The minimum absolute atomic E-state index is 0.408. The van der Waals surface area contributed by atoms with Crippen molar-refractivity contribution in [3.63, 3.8) is 0 Å². The highest BCUT2D eigenvalue weighted by molar-refractivity contribution is 5.37. The van der Waals surface area contributed by atoms with E-state index < -0.39 is 0 Å². The average Bonchev–Trinajstić information content (AvgIpc) is 2.37. The van der Waals surface area contributed by atoms with Gasteiger partial charge in [0.15, 0.2) is 0 Å². The molecule has 0 aliphatic heterocycles. The van der Waals surface area contributed by atoms with E-state index in [1.54, 1.807) is 0 Å². The topological polar surface area (TPSA) is 21.3 Å². The molecular weight excluding hydrogens is 234 g/mol. The van der Waals surface area contributed by atoms with Crippen LogP contribution in [0, 0.1) is 20.8 Å². The summed E-state index contributed by atoms with van der Waals surface area (Å²) in [6.45, 7) is 13.7. The van der Waals surface area contributed by atoms with Crippen LogP contribution in [0.5, 0.6) is 0 Å². The van der Waals surface area contributed by atoms with Gasteiger partial charge in [0, 0.05) is 19.3 Å². The van der Waals surface area contributed by atoms with Gasteiger partial charge in [0.25, 0.3) is 0 Å². The summed E-state index contributed by atoms with van der Waals surface area (Å²) in [4.78, 5) is 0. The summed E-state index contributed by atoms with van der Waals surface area (Å²) >= 11 is 0. The molecule has 1 rings (SSSR count). The van der Waals surface area contributed by atoms with E-state index in [9.17, 15) is 0 Å². The first-order valence-electron chi connectivity index (χ1n) is 7.45. The molecule has 1 N–H and O–H groups in total. The summed E-state index contributed by atoms with van der Waals surface area (Å²) in [5.41, 5.74) is 5.55. The molecule has 0 fully saturated rings. The Morgan fingerprint density at radius 1 is 1.05 bits per heavy atom. The molecule has 1 unspecified atom stereocenters. The first kappa shape index (κ1) is 16.2. The van der Waals surface area contributed by atoms with Gasteiger partial charge in [-0.3, -0.25) is 0 Å². The van der Waals surface area contributed by atoms with Gasteiger partial charge >= 0.3 is 0 Å². The van der Waals surface area contributed by atoms with Crippen molar-refractivity contribution in [3.8, 4) is 0 Å². The fourth-order valence-corrected chi connectivity index (χ4v) is 2.30. The lowest BCUT2D eigenvalue weighted by atomic mass is 9.96. The Morgan fingerprint density at radius 2 is 1.74 bits per heavy atom. The standard InChI is InChI=1S/C17H29NO/c1-6-9-19-10-7-8-18-16(5)17-12-14(3)13(2)11-15(17)4/h11-12,16,18H,6-10H2,1-5H3. The first-order valence-corrected chi connectivity index (χ1v) is 7.45. The monoisotopic (exact) mass is 263 g/mol. The molecule has 0 heterocycles. The van der Waals surface area contributed by atoms with E-state index >= 15 is 0 Å². The van der Waals surface area contributed by atoms with E-state index in [1.165, 1.54) is 22.3 Å². The first-order chi connectivity index (χ1) is 9.06. The van der Waals surface area contributed by atoms with Gasteiger partial charge in [-0.25, -0.2) is 0 Å². The molecular formula is C17H29NO. The molecule has 108 valence electrons. The molecule has 0 saturated carbocycles. The highest BCUT2D eigenvalue weighted by Gasteiger charge is 2.09. The second-order valence-corrected chi connectivity index (χ2v) is 5.43. The molecule has 1 aromatic carbocycles. The fourth-order valence-electron chi connectivity index (χ4n) is 2.30. The number of aryl methyl sites for hydroxylation is 3. The van der Waals surface area contributed by atoms with Crippen LogP contribution in [0.1, 0.15) is 55.0 Å². The largest absolute Gasteiger partial charge is 0.381 e. The van der Waals surface area contributed by atoms with E-state index in [0.29, 0.717) is 6.04 Å². The Hall–Kier alpha value is -0.860. The van der Waals surface area contributed by atoms with Crippen molar-refractivity contribution >= 4 is 0 Å². The van der Waals surface area contributed by atoms with Crippen LogP contribution in [0.25, 0.3) is 0 Å². The molecule has 0 amide bonds. The third kappa shape index (κ3) is 5.33. The second-order valence-electron chi connectivity index (χ2n) is 5.43. The SMILES string of the molecule is CCCOCCCNC(C)c1cc(C)c(C)cc1C. The van der Waals surface area contributed by atoms with Gasteiger partial charge < -0.3 is 10.1 Å². The minimum atomic E-state index is 0.408. The highest BCUT2D eigenvalue weighted by atomic mass is 16.5. The van der Waals surface area contributed by atoms with Crippen molar-refractivity contribution in [1.82, 2.24) is 5.32 Å². The summed E-state index contributed by atoms with van der Waals surface area (Å²) < 4.78 is 5.49. The van der Waals surface area contributed by atoms with Crippen LogP contribution in [0.3, 0.4) is 0 Å². The molecule has 2 nitrogen and oxygen atoms in total. The Balaban J connectivity index is 2.41. The van der Waals surface area contributed by atoms with Crippen LogP contribution in [0.4, 0.5) is 0 Å². The van der Waals surface area contributed by atoms with E-state index in [4.69, 9.17) is 4.74 Å². The molecule has 19 heavy (non-hydrogen) atoms. The summed E-state index contributed by atoms with van der Waals surface area (Å²) in [5, 5.41) is 3.58. The second kappa shape index (κ2) is 8.34. The number of hydrogen-bond donors (Lipinski definition) is 1. The number of hydrogen-bond acceptors (Lipinski definition) is 2. The number of nitrogens with one attached hydrogen (secondary N) is 1. The number of ether oxygens (including phenoxy) is 1. The van der Waals surface area contributed by atoms with Crippen LogP contribution in [0.15, 0.2) is 12.1 Å². The van der Waals surface area contributed by atoms with Crippen molar-refractivity contribution in [1.29, 1.82) is 0 Å². The Bertz CT molecular complexity index is 387. The van der Waals surface area contributed by atoms with Gasteiger partial charge in [-0.2, -0.15) is 0 Å². The van der Waals surface area contributed by atoms with Crippen LogP contribution < -0.4 is 5.32 Å². The van der Waals surface area contributed by atoms with E-state index in [2.05, 4.69) is 52.1 Å². The summed E-state index contributed by atoms with van der Waals surface area (Å²) in [5.74, 6) is 0. The molecule has 0 radical (unpaired) electrons. The van der Waals surface area contributed by atoms with Gasteiger partial charge in [0.2, 0.25) is 0 Å². The van der Waals surface area contributed by atoms with Crippen molar-refractivity contribution in [2.75, 3.05) is 19.8 Å². The Labute approximate surface area is 118 Å². The Morgan fingerprint density at radius 3 is 2.42 bits per heavy atom. The van der Waals surface area contributed by atoms with E-state index in [0.717, 1.165) is 32.6 Å². The maximum absolute atomic E-state index is 5.49. The lowest BCUT2D eigenvalue weighted by molar-refractivity contribution is 0.132. The predicted molar refractivity (Wildman–Crippen MR) is 82.8 cm³/mol. The molecule has 2 heteroatoms. The van der Waals surface area contributed by atoms with Gasteiger partial charge in [-0.15, -0.1) is 0 Å². The van der Waals surface area contributed by atoms with Gasteiger partial charge in [-0.1, -0.05) is 19.1 Å². The summed E-state index contributed by atoms with van der Waals surface area (Å²) in [7, 11) is 0. The molecule has 0 spiro atoms. The van der Waals surface area contributed by atoms with Crippen molar-refractivity contribution in [3.05, 3.63) is 34.4 Å². The quantitative estimate of drug-likeness (QED) is 0.714.